The molecule has 3 N–H and O–H groups in total. The molecule has 2 aromatic carbocycles. The summed E-state index contributed by atoms with van der Waals surface area (Å²) in [6.07, 6.45) is 2.41. The van der Waals surface area contributed by atoms with Gasteiger partial charge in [-0.3, -0.25) is 4.79 Å². The molecule has 2 unspecified atom stereocenters. The smallest absolute Gasteiger partial charge is 0.227 e. The molecular weight excluding hydrogens is 296 g/mol. The lowest BCUT2D eigenvalue weighted by Gasteiger charge is -2.16. The van der Waals surface area contributed by atoms with Crippen molar-refractivity contribution < 1.29 is 4.79 Å². The second kappa shape index (κ2) is 7.12. The third kappa shape index (κ3) is 3.79. The number of carbonyl (C=O) groups excluding carboxylic acids is 1. The van der Waals surface area contributed by atoms with E-state index in [9.17, 15) is 4.79 Å². The molecular formula is C18H23ClN2O. The number of hydrogen-bond donors (Lipinski definition) is 2. The molecule has 22 heavy (non-hydrogen) atoms. The summed E-state index contributed by atoms with van der Waals surface area (Å²) in [6.45, 7) is 2.53. The van der Waals surface area contributed by atoms with Crippen molar-refractivity contribution in [1.29, 1.82) is 0 Å². The zero-order chi connectivity index (χ0) is 14.8. The molecule has 118 valence electrons. The van der Waals surface area contributed by atoms with E-state index < -0.39 is 0 Å². The zero-order valence-electron chi connectivity index (χ0n) is 12.8. The maximum Gasteiger partial charge on any atom is 0.227 e. The van der Waals surface area contributed by atoms with Crippen LogP contribution in [0.4, 0.5) is 0 Å². The monoisotopic (exact) mass is 318 g/mol. The Balaban J connectivity index is 0.00000176. The molecule has 0 heterocycles. The lowest BCUT2D eigenvalue weighted by atomic mass is 9.97. The first-order valence-electron chi connectivity index (χ1n) is 7.67. The standard InChI is InChI=1S/C18H22N2O.ClH/c1-12(18(21)20-11-17(19)14-7-8-14)15-9-6-13-4-2-3-5-16(13)10-15;/h2-6,9-10,12,14,17H,7-8,11,19H2,1H3,(H,20,21);1H. The van der Waals surface area contributed by atoms with Gasteiger partial charge in [0.2, 0.25) is 5.91 Å². The van der Waals surface area contributed by atoms with Gasteiger partial charge in [0, 0.05) is 12.6 Å². The maximum atomic E-state index is 12.3. The highest BCUT2D eigenvalue weighted by Crippen LogP contribution is 2.31. The Morgan fingerprint density at radius 1 is 1.23 bits per heavy atom. The molecule has 0 aliphatic heterocycles. The van der Waals surface area contributed by atoms with Crippen LogP contribution in [0.3, 0.4) is 0 Å². The molecule has 0 bridgehead atoms. The van der Waals surface area contributed by atoms with E-state index in [2.05, 4.69) is 29.6 Å². The zero-order valence-corrected chi connectivity index (χ0v) is 13.6. The van der Waals surface area contributed by atoms with Crippen LogP contribution in [0.5, 0.6) is 0 Å². The molecule has 3 rings (SSSR count). The molecule has 0 spiro atoms. The van der Waals surface area contributed by atoms with Crippen LogP contribution in [0, 0.1) is 5.92 Å². The number of fused-ring (bicyclic) bond motifs is 1. The van der Waals surface area contributed by atoms with Gasteiger partial charge in [0.15, 0.2) is 0 Å². The molecule has 1 amide bonds. The van der Waals surface area contributed by atoms with Gasteiger partial charge in [0.25, 0.3) is 0 Å². The van der Waals surface area contributed by atoms with Crippen molar-refractivity contribution in [2.75, 3.05) is 6.54 Å². The molecule has 1 fully saturated rings. The van der Waals surface area contributed by atoms with Crippen molar-refractivity contribution in [1.82, 2.24) is 5.32 Å². The van der Waals surface area contributed by atoms with Crippen molar-refractivity contribution in [3.05, 3.63) is 48.0 Å². The molecule has 0 saturated heterocycles. The fourth-order valence-electron chi connectivity index (χ4n) is 2.69. The summed E-state index contributed by atoms with van der Waals surface area (Å²) in [7, 11) is 0. The van der Waals surface area contributed by atoms with E-state index in [1.165, 1.54) is 23.6 Å². The van der Waals surface area contributed by atoms with Crippen LogP contribution in [-0.4, -0.2) is 18.5 Å². The Kier molecular flexibility index (Phi) is 5.43. The molecule has 0 radical (unpaired) electrons. The molecule has 1 saturated carbocycles. The Labute approximate surface area is 137 Å². The van der Waals surface area contributed by atoms with Crippen molar-refractivity contribution in [3.63, 3.8) is 0 Å². The van der Waals surface area contributed by atoms with E-state index in [0.717, 1.165) is 5.56 Å². The van der Waals surface area contributed by atoms with Crippen LogP contribution < -0.4 is 11.1 Å². The maximum absolute atomic E-state index is 12.3. The number of carbonyl (C=O) groups is 1. The Hall–Kier alpha value is -1.58. The number of benzene rings is 2. The minimum absolute atomic E-state index is 0. The summed E-state index contributed by atoms with van der Waals surface area (Å²) >= 11 is 0. The van der Waals surface area contributed by atoms with E-state index in [1.54, 1.807) is 0 Å². The Morgan fingerprint density at radius 3 is 2.59 bits per heavy atom. The summed E-state index contributed by atoms with van der Waals surface area (Å²) in [5.74, 6) is 0.517. The largest absolute Gasteiger partial charge is 0.354 e. The first kappa shape index (κ1) is 16.8. The number of nitrogens with one attached hydrogen (secondary N) is 1. The normalized spacial score (nSPS) is 16.6. The van der Waals surface area contributed by atoms with E-state index >= 15 is 0 Å². The van der Waals surface area contributed by atoms with Gasteiger partial charge in [0.1, 0.15) is 0 Å². The second-order valence-electron chi connectivity index (χ2n) is 6.07. The van der Waals surface area contributed by atoms with E-state index in [1.807, 2.05) is 25.1 Å². The summed E-state index contributed by atoms with van der Waals surface area (Å²) in [6, 6.07) is 14.5. The number of hydrogen-bond acceptors (Lipinski definition) is 2. The quantitative estimate of drug-likeness (QED) is 0.889. The van der Waals surface area contributed by atoms with E-state index in [0.29, 0.717) is 12.5 Å². The SMILES string of the molecule is CC(C(=O)NCC(N)C1CC1)c1ccc2ccccc2c1.Cl. The summed E-state index contributed by atoms with van der Waals surface area (Å²) in [5.41, 5.74) is 7.07. The number of nitrogens with two attached hydrogens (primary N) is 1. The molecule has 4 heteroatoms. The summed E-state index contributed by atoms with van der Waals surface area (Å²) in [5, 5.41) is 5.36. The van der Waals surface area contributed by atoms with Gasteiger partial charge >= 0.3 is 0 Å². The highest BCUT2D eigenvalue weighted by molar-refractivity contribution is 5.87. The molecule has 0 aromatic heterocycles. The Bertz CT molecular complexity index is 654. The minimum atomic E-state index is -0.152. The first-order chi connectivity index (χ1) is 10.1. The first-order valence-corrected chi connectivity index (χ1v) is 7.67. The van der Waals surface area contributed by atoms with Crippen LogP contribution in [0.1, 0.15) is 31.2 Å². The van der Waals surface area contributed by atoms with Gasteiger partial charge in [-0.25, -0.2) is 0 Å². The fourth-order valence-corrected chi connectivity index (χ4v) is 2.69. The van der Waals surface area contributed by atoms with Gasteiger partial charge in [0.05, 0.1) is 5.92 Å². The summed E-state index contributed by atoms with van der Waals surface area (Å²) in [4.78, 5) is 12.3. The van der Waals surface area contributed by atoms with Gasteiger partial charge in [-0.1, -0.05) is 42.5 Å². The van der Waals surface area contributed by atoms with Crippen molar-refractivity contribution >= 4 is 29.1 Å². The third-order valence-electron chi connectivity index (χ3n) is 4.41. The van der Waals surface area contributed by atoms with Crippen LogP contribution in [0.25, 0.3) is 10.8 Å². The second-order valence-corrected chi connectivity index (χ2v) is 6.07. The van der Waals surface area contributed by atoms with Gasteiger partial charge < -0.3 is 11.1 Å². The number of rotatable bonds is 5. The number of halogens is 1. The third-order valence-corrected chi connectivity index (χ3v) is 4.41. The molecule has 2 atom stereocenters. The van der Waals surface area contributed by atoms with Crippen LogP contribution in [0.15, 0.2) is 42.5 Å². The molecule has 3 nitrogen and oxygen atoms in total. The van der Waals surface area contributed by atoms with Crippen molar-refractivity contribution in [2.24, 2.45) is 11.7 Å². The van der Waals surface area contributed by atoms with Crippen LogP contribution >= 0.6 is 12.4 Å². The van der Waals surface area contributed by atoms with Crippen molar-refractivity contribution in [3.8, 4) is 0 Å². The lowest BCUT2D eigenvalue weighted by Crippen LogP contribution is -2.40. The average molecular weight is 319 g/mol. The molecule has 2 aromatic rings. The predicted octanol–water partition coefficient (Wildman–Crippen LogP) is 3.22. The van der Waals surface area contributed by atoms with E-state index in [-0.39, 0.29) is 30.3 Å². The number of amides is 1. The van der Waals surface area contributed by atoms with Crippen LogP contribution in [0.2, 0.25) is 0 Å². The Morgan fingerprint density at radius 2 is 1.91 bits per heavy atom. The highest BCUT2D eigenvalue weighted by Gasteiger charge is 2.28. The average Bonchev–Trinajstić information content (AvgIpc) is 3.36. The predicted molar refractivity (Wildman–Crippen MR) is 93.3 cm³/mol. The van der Waals surface area contributed by atoms with Gasteiger partial charge in [-0.2, -0.15) is 0 Å². The lowest BCUT2D eigenvalue weighted by molar-refractivity contribution is -0.122. The van der Waals surface area contributed by atoms with Crippen molar-refractivity contribution in [2.45, 2.75) is 31.7 Å². The molecule has 1 aliphatic carbocycles. The van der Waals surface area contributed by atoms with Crippen LogP contribution in [-0.2, 0) is 4.79 Å². The topological polar surface area (TPSA) is 55.1 Å². The summed E-state index contributed by atoms with van der Waals surface area (Å²) < 4.78 is 0. The van der Waals surface area contributed by atoms with E-state index in [4.69, 9.17) is 5.73 Å². The molecule has 1 aliphatic rings. The van der Waals surface area contributed by atoms with Gasteiger partial charge in [-0.05, 0) is 42.0 Å². The minimum Gasteiger partial charge on any atom is -0.354 e. The van der Waals surface area contributed by atoms with Gasteiger partial charge in [-0.15, -0.1) is 12.4 Å². The highest BCUT2D eigenvalue weighted by atomic mass is 35.5. The fraction of sp³-hybridized carbons (Fsp3) is 0.389.